The van der Waals surface area contributed by atoms with Crippen LogP contribution in [0.2, 0.25) is 0 Å². The number of nitrogens with one attached hydrogen (secondary N) is 2. The highest BCUT2D eigenvalue weighted by atomic mass is 16.6. The Hall–Kier alpha value is -4.31. The number of benzene rings is 2. The second-order valence-electron chi connectivity index (χ2n) is 7.28. The van der Waals surface area contributed by atoms with E-state index >= 15 is 0 Å². The number of pyridine rings is 1. The third-order valence-corrected chi connectivity index (χ3v) is 5.04. The number of rotatable bonds is 9. The second kappa shape index (κ2) is 9.88. The summed E-state index contributed by atoms with van der Waals surface area (Å²) < 4.78 is 6.87. The number of nitro benzene ring substituents is 1. The van der Waals surface area contributed by atoms with Crippen LogP contribution in [0.4, 0.5) is 17.1 Å². The lowest BCUT2D eigenvalue weighted by Crippen LogP contribution is -2.13. The topological polar surface area (TPSA) is 124 Å². The highest BCUT2D eigenvalue weighted by Crippen LogP contribution is 2.26. The quantitative estimate of drug-likeness (QED) is 0.229. The number of aromatic nitrogens is 3. The van der Waals surface area contributed by atoms with E-state index in [9.17, 15) is 14.9 Å². The fourth-order valence-electron chi connectivity index (χ4n) is 3.36. The molecule has 0 saturated heterocycles. The van der Waals surface area contributed by atoms with Crippen molar-refractivity contribution in [2.45, 2.75) is 6.42 Å². The summed E-state index contributed by atoms with van der Waals surface area (Å²) >= 11 is 0. The number of carbonyl (C=O) groups excluding carboxylic acids is 1. The van der Waals surface area contributed by atoms with E-state index in [4.69, 9.17) is 4.74 Å². The lowest BCUT2D eigenvalue weighted by molar-refractivity contribution is -0.384. The molecular weight excluding hydrogens is 424 g/mol. The number of carbonyl (C=O) groups is 1. The van der Waals surface area contributed by atoms with Crippen LogP contribution in [0.5, 0.6) is 0 Å². The van der Waals surface area contributed by atoms with Crippen LogP contribution in [0.25, 0.3) is 5.65 Å². The third-order valence-electron chi connectivity index (χ3n) is 5.04. The normalized spacial score (nSPS) is 10.8. The highest BCUT2D eigenvalue weighted by molar-refractivity contribution is 6.05. The fraction of sp³-hybridized carbons (Fsp3) is 0.174. The van der Waals surface area contributed by atoms with Gasteiger partial charge in [0, 0.05) is 43.6 Å². The van der Waals surface area contributed by atoms with Gasteiger partial charge in [0.25, 0.3) is 11.6 Å². The van der Waals surface area contributed by atoms with Crippen LogP contribution in [0.3, 0.4) is 0 Å². The molecule has 1 amide bonds. The van der Waals surface area contributed by atoms with Crippen molar-refractivity contribution in [2.24, 2.45) is 0 Å². The van der Waals surface area contributed by atoms with Crippen molar-refractivity contribution < 1.29 is 14.5 Å². The molecule has 0 aliphatic rings. The molecule has 0 aliphatic heterocycles. The van der Waals surface area contributed by atoms with E-state index in [0.29, 0.717) is 30.9 Å². The van der Waals surface area contributed by atoms with Crippen molar-refractivity contribution in [1.29, 1.82) is 0 Å². The fourth-order valence-corrected chi connectivity index (χ4v) is 3.36. The smallest absolute Gasteiger partial charge is 0.293 e. The number of amides is 1. The molecule has 0 atom stereocenters. The largest absolute Gasteiger partial charge is 0.383 e. The Morgan fingerprint density at radius 3 is 2.70 bits per heavy atom. The molecular formula is C23H22N6O4. The highest BCUT2D eigenvalue weighted by Gasteiger charge is 2.17. The number of nitrogens with zero attached hydrogens (tertiary/aromatic N) is 4. The molecule has 2 heterocycles. The number of fused-ring (bicyclic) bond motifs is 1. The number of hydrogen-bond acceptors (Lipinski definition) is 7. The molecule has 168 valence electrons. The summed E-state index contributed by atoms with van der Waals surface area (Å²) in [6, 6.07) is 17.4. The monoisotopic (exact) mass is 446 g/mol. The molecule has 4 rings (SSSR count). The minimum absolute atomic E-state index is 0.172. The summed E-state index contributed by atoms with van der Waals surface area (Å²) in [6.45, 7) is 0.822. The summed E-state index contributed by atoms with van der Waals surface area (Å²) in [4.78, 5) is 23.6. The first-order chi connectivity index (χ1) is 16.0. The van der Waals surface area contributed by atoms with Crippen LogP contribution < -0.4 is 10.6 Å². The first kappa shape index (κ1) is 21.9. The Labute approximate surface area is 189 Å². The zero-order chi connectivity index (χ0) is 23.2. The Balaban J connectivity index is 1.44. The predicted molar refractivity (Wildman–Crippen MR) is 124 cm³/mol. The lowest BCUT2D eigenvalue weighted by atomic mass is 10.1. The van der Waals surface area contributed by atoms with Crippen LogP contribution in [0.15, 0.2) is 66.9 Å². The summed E-state index contributed by atoms with van der Waals surface area (Å²) in [5, 5.41) is 25.5. The molecule has 0 fully saturated rings. The van der Waals surface area contributed by atoms with Crippen LogP contribution in [-0.4, -0.2) is 45.7 Å². The third kappa shape index (κ3) is 5.13. The van der Waals surface area contributed by atoms with Gasteiger partial charge in [0.05, 0.1) is 11.5 Å². The molecule has 0 saturated carbocycles. The van der Waals surface area contributed by atoms with E-state index < -0.39 is 10.8 Å². The zero-order valence-corrected chi connectivity index (χ0v) is 17.9. The molecule has 0 unspecified atom stereocenters. The molecule has 2 aromatic carbocycles. The maximum atomic E-state index is 12.7. The van der Waals surface area contributed by atoms with E-state index in [-0.39, 0.29) is 11.3 Å². The molecule has 0 bridgehead atoms. The number of methoxy groups -OCH3 is 1. The molecule has 0 spiro atoms. The summed E-state index contributed by atoms with van der Waals surface area (Å²) in [5.41, 5.74) is 2.73. The van der Waals surface area contributed by atoms with Gasteiger partial charge >= 0.3 is 0 Å². The maximum Gasteiger partial charge on any atom is 0.293 e. The van der Waals surface area contributed by atoms with Crippen LogP contribution in [0, 0.1) is 10.1 Å². The average Bonchev–Trinajstić information content (AvgIpc) is 3.23. The van der Waals surface area contributed by atoms with Gasteiger partial charge in [-0.05, 0) is 42.0 Å². The minimum atomic E-state index is -0.519. The number of anilines is 2. The van der Waals surface area contributed by atoms with E-state index in [1.54, 1.807) is 25.3 Å². The van der Waals surface area contributed by atoms with Crippen molar-refractivity contribution in [3.05, 3.63) is 93.9 Å². The number of nitro groups is 1. The van der Waals surface area contributed by atoms with Crippen LogP contribution in [0.1, 0.15) is 21.7 Å². The van der Waals surface area contributed by atoms with E-state index in [2.05, 4.69) is 20.8 Å². The second-order valence-corrected chi connectivity index (χ2v) is 7.28. The summed E-state index contributed by atoms with van der Waals surface area (Å²) in [6.07, 6.45) is 2.50. The summed E-state index contributed by atoms with van der Waals surface area (Å²) in [5.74, 6) is 0.381. The van der Waals surface area contributed by atoms with E-state index in [1.165, 1.54) is 12.1 Å². The van der Waals surface area contributed by atoms with Crippen molar-refractivity contribution in [2.75, 3.05) is 30.9 Å². The molecule has 4 aromatic rings. The SMILES string of the molecule is COCCNc1ccc(C(=O)Nc2ccc(Cc3nnc4ccccn34)cc2)cc1[N+](=O)[O-]. The van der Waals surface area contributed by atoms with Gasteiger partial charge in [-0.25, -0.2) is 0 Å². The Morgan fingerprint density at radius 1 is 1.12 bits per heavy atom. The van der Waals surface area contributed by atoms with Crippen LogP contribution >= 0.6 is 0 Å². The number of hydrogen-bond donors (Lipinski definition) is 2. The molecule has 10 nitrogen and oxygen atoms in total. The molecule has 33 heavy (non-hydrogen) atoms. The van der Waals surface area contributed by atoms with Crippen molar-refractivity contribution in [3.8, 4) is 0 Å². The van der Waals surface area contributed by atoms with Gasteiger partial charge in [-0.3, -0.25) is 19.3 Å². The van der Waals surface area contributed by atoms with Gasteiger partial charge in [-0.15, -0.1) is 10.2 Å². The van der Waals surface area contributed by atoms with Gasteiger partial charge in [0.2, 0.25) is 0 Å². The van der Waals surface area contributed by atoms with Gasteiger partial charge in [0.15, 0.2) is 5.65 Å². The van der Waals surface area contributed by atoms with Crippen molar-refractivity contribution >= 4 is 28.6 Å². The molecule has 10 heteroatoms. The average molecular weight is 446 g/mol. The first-order valence-corrected chi connectivity index (χ1v) is 10.3. The summed E-state index contributed by atoms with van der Waals surface area (Å²) in [7, 11) is 1.55. The minimum Gasteiger partial charge on any atom is -0.383 e. The molecule has 2 aromatic heterocycles. The van der Waals surface area contributed by atoms with Gasteiger partial charge in [-0.2, -0.15) is 0 Å². The maximum absolute atomic E-state index is 12.7. The standard InChI is InChI=1S/C23H22N6O4/c1-33-13-11-24-19-10-7-17(15-20(19)29(31)32)23(30)25-18-8-5-16(6-9-18)14-22-27-26-21-4-2-3-12-28(21)22/h2-10,12,15,24H,11,13-14H2,1H3,(H,25,30). The predicted octanol–water partition coefficient (Wildman–Crippen LogP) is 3.54. The van der Waals surface area contributed by atoms with Gasteiger partial charge < -0.3 is 15.4 Å². The lowest BCUT2D eigenvalue weighted by Gasteiger charge is -2.09. The zero-order valence-electron chi connectivity index (χ0n) is 17.9. The molecule has 0 aliphatic carbocycles. The molecule has 0 radical (unpaired) electrons. The van der Waals surface area contributed by atoms with E-state index in [0.717, 1.165) is 17.0 Å². The van der Waals surface area contributed by atoms with Crippen LogP contribution in [-0.2, 0) is 11.2 Å². The van der Waals surface area contributed by atoms with Crippen molar-refractivity contribution in [3.63, 3.8) is 0 Å². The van der Waals surface area contributed by atoms with Gasteiger partial charge in [0.1, 0.15) is 11.5 Å². The Morgan fingerprint density at radius 2 is 1.94 bits per heavy atom. The molecule has 2 N–H and O–H groups in total. The van der Waals surface area contributed by atoms with E-state index in [1.807, 2.05) is 40.9 Å². The Bertz CT molecular complexity index is 1290. The first-order valence-electron chi connectivity index (χ1n) is 10.3. The van der Waals surface area contributed by atoms with Crippen molar-refractivity contribution in [1.82, 2.24) is 14.6 Å². The number of ether oxygens (including phenoxy) is 1. The Kier molecular flexibility index (Phi) is 6.56. The van der Waals surface area contributed by atoms with Gasteiger partial charge in [-0.1, -0.05) is 18.2 Å².